The summed E-state index contributed by atoms with van der Waals surface area (Å²) in [5.41, 5.74) is 4.75. The van der Waals surface area contributed by atoms with Gasteiger partial charge >= 0.3 is 0 Å². The van der Waals surface area contributed by atoms with Gasteiger partial charge in [0, 0.05) is 36.8 Å². The number of methoxy groups -OCH3 is 3. The zero-order valence-corrected chi connectivity index (χ0v) is 22.1. The lowest BCUT2D eigenvalue weighted by atomic mass is 9.54. The number of carbonyl (C=O) groups excluding carboxylic acids is 2. The SMILES string of the molecule is COCOc1ccc2c3c(ccc(OC)c13)C13c4cccc(OC)c4C(=O)CC1CC(=O)c1ccccc1C23. The average Bonchev–Trinajstić information content (AvgIpc) is 3.20. The van der Waals surface area contributed by atoms with Crippen LogP contribution in [-0.2, 0) is 10.2 Å². The van der Waals surface area contributed by atoms with E-state index in [9.17, 15) is 9.59 Å². The third kappa shape index (κ3) is 3.01. The van der Waals surface area contributed by atoms with Crippen LogP contribution in [0.3, 0.4) is 0 Å². The van der Waals surface area contributed by atoms with Gasteiger partial charge in [-0.1, -0.05) is 48.5 Å². The van der Waals surface area contributed by atoms with Gasteiger partial charge in [0.25, 0.3) is 0 Å². The predicted molar refractivity (Wildman–Crippen MR) is 146 cm³/mol. The smallest absolute Gasteiger partial charge is 0.188 e. The van der Waals surface area contributed by atoms with Crippen molar-refractivity contribution in [3.05, 3.63) is 100 Å². The Morgan fingerprint density at radius 1 is 0.718 bits per heavy atom. The van der Waals surface area contributed by atoms with Crippen molar-refractivity contribution in [3.63, 3.8) is 0 Å². The number of ether oxygens (including phenoxy) is 4. The monoisotopic (exact) mass is 520 g/mol. The lowest BCUT2D eigenvalue weighted by molar-refractivity contribution is 0.0521. The molecule has 0 radical (unpaired) electrons. The van der Waals surface area contributed by atoms with Gasteiger partial charge in [-0.25, -0.2) is 0 Å². The van der Waals surface area contributed by atoms with Crippen molar-refractivity contribution in [1.82, 2.24) is 0 Å². The van der Waals surface area contributed by atoms with Crippen LogP contribution < -0.4 is 14.2 Å². The molecule has 0 saturated heterocycles. The first-order valence-electron chi connectivity index (χ1n) is 13.1. The van der Waals surface area contributed by atoms with Gasteiger partial charge in [-0.3, -0.25) is 9.59 Å². The first-order valence-corrected chi connectivity index (χ1v) is 13.1. The van der Waals surface area contributed by atoms with Gasteiger partial charge < -0.3 is 18.9 Å². The highest BCUT2D eigenvalue weighted by atomic mass is 16.7. The highest BCUT2D eigenvalue weighted by molar-refractivity contribution is 6.09. The van der Waals surface area contributed by atoms with E-state index in [1.807, 2.05) is 42.5 Å². The van der Waals surface area contributed by atoms with Crippen LogP contribution in [0.4, 0.5) is 0 Å². The molecule has 4 aromatic rings. The Labute approximate surface area is 226 Å². The largest absolute Gasteiger partial charge is 0.496 e. The number of fused-ring (bicyclic) bond motifs is 4. The molecule has 39 heavy (non-hydrogen) atoms. The van der Waals surface area contributed by atoms with E-state index in [0.29, 0.717) is 22.8 Å². The van der Waals surface area contributed by atoms with E-state index in [-0.39, 0.29) is 43.0 Å². The van der Waals surface area contributed by atoms with Crippen LogP contribution in [0.5, 0.6) is 17.2 Å². The van der Waals surface area contributed by atoms with Crippen LogP contribution in [0, 0.1) is 5.92 Å². The van der Waals surface area contributed by atoms with Gasteiger partial charge in [0.15, 0.2) is 18.4 Å². The number of ketones is 2. The van der Waals surface area contributed by atoms with Gasteiger partial charge in [0.2, 0.25) is 0 Å². The van der Waals surface area contributed by atoms with Crippen molar-refractivity contribution >= 4 is 22.3 Å². The summed E-state index contributed by atoms with van der Waals surface area (Å²) in [7, 11) is 4.85. The topological polar surface area (TPSA) is 71.1 Å². The highest BCUT2D eigenvalue weighted by Gasteiger charge is 2.60. The van der Waals surface area contributed by atoms with Crippen molar-refractivity contribution in [2.24, 2.45) is 5.92 Å². The molecule has 0 amide bonds. The fraction of sp³-hybridized carbons (Fsp3) is 0.273. The normalized spacial score (nSPS) is 22.4. The lowest BCUT2D eigenvalue weighted by Gasteiger charge is -2.47. The highest BCUT2D eigenvalue weighted by Crippen LogP contribution is 2.67. The zero-order valence-electron chi connectivity index (χ0n) is 22.1. The minimum Gasteiger partial charge on any atom is -0.496 e. The molecule has 0 saturated carbocycles. The van der Waals surface area contributed by atoms with Crippen molar-refractivity contribution in [2.45, 2.75) is 24.2 Å². The Balaban J connectivity index is 1.67. The predicted octanol–water partition coefficient (Wildman–Crippen LogP) is 6.06. The number of rotatable bonds is 5. The molecule has 0 N–H and O–H groups in total. The molecule has 3 aliphatic rings. The Bertz CT molecular complexity index is 1690. The minimum atomic E-state index is -0.660. The van der Waals surface area contributed by atoms with Crippen LogP contribution >= 0.6 is 0 Å². The number of hydrogen-bond donors (Lipinski definition) is 0. The van der Waals surface area contributed by atoms with Crippen molar-refractivity contribution in [1.29, 1.82) is 0 Å². The summed E-state index contributed by atoms with van der Waals surface area (Å²) in [4.78, 5) is 27.5. The fourth-order valence-electron chi connectivity index (χ4n) is 7.64. The quantitative estimate of drug-likeness (QED) is 0.298. The molecule has 196 valence electrons. The van der Waals surface area contributed by atoms with Crippen LogP contribution in [0.2, 0.25) is 0 Å². The maximum atomic E-state index is 13.8. The summed E-state index contributed by atoms with van der Waals surface area (Å²) in [6.45, 7) is 0.102. The Morgan fingerprint density at radius 2 is 1.49 bits per heavy atom. The van der Waals surface area contributed by atoms with Gasteiger partial charge in [-0.05, 0) is 51.8 Å². The Morgan fingerprint density at radius 3 is 2.28 bits per heavy atom. The van der Waals surface area contributed by atoms with E-state index >= 15 is 0 Å². The first kappa shape index (κ1) is 23.9. The van der Waals surface area contributed by atoms with E-state index in [1.165, 1.54) is 0 Å². The molecular formula is C33H28O6. The number of Topliss-reactive ketones (excluding diaryl/α,β-unsaturated/α-hetero) is 2. The molecule has 3 atom stereocenters. The van der Waals surface area contributed by atoms with E-state index in [0.717, 1.165) is 38.6 Å². The van der Waals surface area contributed by atoms with Crippen LogP contribution in [-0.4, -0.2) is 39.7 Å². The minimum absolute atomic E-state index is 0.0143. The maximum Gasteiger partial charge on any atom is 0.188 e. The molecule has 6 heteroatoms. The Hall–Kier alpha value is -4.16. The fourth-order valence-corrected chi connectivity index (χ4v) is 7.64. The van der Waals surface area contributed by atoms with Crippen molar-refractivity contribution in [3.8, 4) is 17.2 Å². The molecule has 3 unspecified atom stereocenters. The van der Waals surface area contributed by atoms with E-state index in [1.54, 1.807) is 21.3 Å². The van der Waals surface area contributed by atoms with Gasteiger partial charge in [0.05, 0.1) is 25.2 Å². The summed E-state index contributed by atoms with van der Waals surface area (Å²) >= 11 is 0. The molecular weight excluding hydrogens is 492 g/mol. The second-order valence-electron chi connectivity index (χ2n) is 10.5. The molecule has 0 bridgehead atoms. The number of benzene rings is 4. The summed E-state index contributed by atoms with van der Waals surface area (Å²) in [5, 5.41) is 1.92. The van der Waals surface area contributed by atoms with Crippen molar-refractivity contribution < 1.29 is 28.5 Å². The number of hydrogen-bond acceptors (Lipinski definition) is 6. The second kappa shape index (κ2) is 8.68. The molecule has 4 aromatic carbocycles. The summed E-state index contributed by atoms with van der Waals surface area (Å²) in [5.74, 6) is 1.61. The van der Waals surface area contributed by atoms with E-state index < -0.39 is 5.41 Å². The summed E-state index contributed by atoms with van der Waals surface area (Å²) in [6.07, 6.45) is 0.544. The average molecular weight is 521 g/mol. The van der Waals surface area contributed by atoms with Gasteiger partial charge in [-0.2, -0.15) is 0 Å². The molecule has 0 aliphatic heterocycles. The van der Waals surface area contributed by atoms with Crippen molar-refractivity contribution in [2.75, 3.05) is 28.1 Å². The second-order valence-corrected chi connectivity index (χ2v) is 10.5. The third-order valence-corrected chi connectivity index (χ3v) is 8.93. The molecule has 3 aliphatic carbocycles. The van der Waals surface area contributed by atoms with Crippen LogP contribution in [0.15, 0.2) is 66.7 Å². The van der Waals surface area contributed by atoms with E-state index in [2.05, 4.69) is 24.3 Å². The molecule has 6 nitrogen and oxygen atoms in total. The first-order chi connectivity index (χ1) is 19.1. The molecule has 0 aromatic heterocycles. The van der Waals surface area contributed by atoms with Gasteiger partial charge in [-0.15, -0.1) is 0 Å². The molecule has 0 fully saturated rings. The van der Waals surface area contributed by atoms with E-state index in [4.69, 9.17) is 18.9 Å². The molecule has 0 heterocycles. The lowest BCUT2D eigenvalue weighted by Crippen LogP contribution is -2.45. The summed E-state index contributed by atoms with van der Waals surface area (Å²) in [6, 6.07) is 21.9. The number of carbonyl (C=O) groups is 2. The van der Waals surface area contributed by atoms with Crippen LogP contribution in [0.25, 0.3) is 10.8 Å². The standard InChI is InChI=1S/C33H28O6/c1-36-17-39-28-13-11-21-29-23(12-14-27(38-3)31(28)29)33-18(15-24(34)19-7-4-5-8-20(19)32(21)33)16-25(35)30-22(33)9-6-10-26(30)37-2/h4-14,18,32H,15-17H2,1-3H3. The molecule has 7 rings (SSSR count). The Kier molecular flexibility index (Phi) is 5.32. The summed E-state index contributed by atoms with van der Waals surface area (Å²) < 4.78 is 22.9. The maximum absolute atomic E-state index is 13.8. The zero-order chi connectivity index (χ0) is 26.9. The van der Waals surface area contributed by atoms with Crippen LogP contribution in [0.1, 0.15) is 61.7 Å². The van der Waals surface area contributed by atoms with Gasteiger partial charge in [0.1, 0.15) is 17.2 Å². The molecule has 1 spiro atoms. The third-order valence-electron chi connectivity index (χ3n) is 8.93.